The second-order valence-electron chi connectivity index (χ2n) is 8.08. The van der Waals surface area contributed by atoms with E-state index in [1.807, 2.05) is 70.3 Å². The standard InChI is InChI=1S/C26H25N5O2/c1-33-21-10-8-19(9-11-21)25-28-13-12-23(29-25)24-7-4-15-31(24)26(32)22-6-3-2-5-20(22)17-30-16-14-27-18-30/h2-3,5-6,8-14,16,18,24H,4,7,15,17H2,1H3. The number of likely N-dealkylation sites (tertiary alicyclic amines) is 1. The number of carbonyl (C=O) groups excluding carboxylic acids is 1. The molecule has 1 aliphatic heterocycles. The van der Waals surface area contributed by atoms with E-state index in [9.17, 15) is 4.79 Å². The third-order valence-corrected chi connectivity index (χ3v) is 6.04. The second-order valence-corrected chi connectivity index (χ2v) is 8.08. The molecule has 2 aromatic carbocycles. The van der Waals surface area contributed by atoms with Crippen molar-refractivity contribution in [2.45, 2.75) is 25.4 Å². The van der Waals surface area contributed by atoms with Crippen LogP contribution in [0.3, 0.4) is 0 Å². The quantitative estimate of drug-likeness (QED) is 0.446. The molecule has 0 aliphatic carbocycles. The van der Waals surface area contributed by atoms with E-state index >= 15 is 0 Å². The Hall–Kier alpha value is -4.00. The van der Waals surface area contributed by atoms with Crippen LogP contribution >= 0.6 is 0 Å². The first-order valence-corrected chi connectivity index (χ1v) is 11.0. The minimum atomic E-state index is -0.0706. The van der Waals surface area contributed by atoms with Crippen molar-refractivity contribution in [3.8, 4) is 17.1 Å². The van der Waals surface area contributed by atoms with Crippen LogP contribution in [0.15, 0.2) is 79.5 Å². The summed E-state index contributed by atoms with van der Waals surface area (Å²) >= 11 is 0. The van der Waals surface area contributed by atoms with Crippen molar-refractivity contribution >= 4 is 5.91 Å². The number of benzene rings is 2. The van der Waals surface area contributed by atoms with Gasteiger partial charge in [-0.15, -0.1) is 0 Å². The van der Waals surface area contributed by atoms with Crippen molar-refractivity contribution < 1.29 is 9.53 Å². The molecule has 7 heteroatoms. The Morgan fingerprint density at radius 2 is 1.94 bits per heavy atom. The van der Waals surface area contributed by atoms with Crippen LogP contribution in [0.5, 0.6) is 5.75 Å². The van der Waals surface area contributed by atoms with Crippen molar-refractivity contribution in [3.05, 3.63) is 96.3 Å². The molecule has 0 radical (unpaired) electrons. The zero-order valence-electron chi connectivity index (χ0n) is 18.5. The molecule has 1 aliphatic rings. The van der Waals surface area contributed by atoms with Crippen LogP contribution in [-0.4, -0.2) is 44.0 Å². The lowest BCUT2D eigenvalue weighted by atomic mass is 10.0. The van der Waals surface area contributed by atoms with E-state index in [4.69, 9.17) is 9.72 Å². The average molecular weight is 440 g/mol. The van der Waals surface area contributed by atoms with E-state index in [-0.39, 0.29) is 11.9 Å². The third-order valence-electron chi connectivity index (χ3n) is 6.04. The molecule has 7 nitrogen and oxygen atoms in total. The summed E-state index contributed by atoms with van der Waals surface area (Å²) in [6, 6.07) is 17.3. The predicted molar refractivity (Wildman–Crippen MR) is 125 cm³/mol. The molecule has 1 fully saturated rings. The summed E-state index contributed by atoms with van der Waals surface area (Å²) in [5, 5.41) is 0. The second kappa shape index (κ2) is 9.24. The molecule has 0 bridgehead atoms. The fourth-order valence-electron chi connectivity index (χ4n) is 4.35. The SMILES string of the molecule is COc1ccc(-c2nccc(C3CCCN3C(=O)c3ccccc3Cn3ccnc3)n2)cc1. The van der Waals surface area contributed by atoms with E-state index < -0.39 is 0 Å². The fraction of sp³-hybridized carbons (Fsp3) is 0.231. The molecule has 5 rings (SSSR count). The minimum absolute atomic E-state index is 0.0397. The number of rotatable bonds is 6. The lowest BCUT2D eigenvalue weighted by Crippen LogP contribution is -2.32. The first-order valence-electron chi connectivity index (χ1n) is 11.0. The monoisotopic (exact) mass is 439 g/mol. The highest BCUT2D eigenvalue weighted by Crippen LogP contribution is 2.33. The van der Waals surface area contributed by atoms with E-state index in [1.165, 1.54) is 0 Å². The Labute approximate surface area is 192 Å². The summed E-state index contributed by atoms with van der Waals surface area (Å²) in [5.74, 6) is 1.48. The fourth-order valence-corrected chi connectivity index (χ4v) is 4.35. The minimum Gasteiger partial charge on any atom is -0.497 e. The van der Waals surface area contributed by atoms with E-state index in [2.05, 4.69) is 9.97 Å². The molecule has 0 spiro atoms. The summed E-state index contributed by atoms with van der Waals surface area (Å²) in [6.07, 6.45) is 9.02. The first-order chi connectivity index (χ1) is 16.2. The summed E-state index contributed by atoms with van der Waals surface area (Å²) < 4.78 is 7.22. The molecule has 0 N–H and O–H groups in total. The van der Waals surface area contributed by atoms with Gasteiger partial charge in [-0.25, -0.2) is 15.0 Å². The van der Waals surface area contributed by atoms with Crippen molar-refractivity contribution in [1.29, 1.82) is 0 Å². The van der Waals surface area contributed by atoms with Gasteiger partial charge in [0, 0.05) is 42.8 Å². The molecule has 0 saturated carbocycles. The van der Waals surface area contributed by atoms with E-state index in [1.54, 1.807) is 25.8 Å². The van der Waals surface area contributed by atoms with Gasteiger partial charge in [0.05, 0.1) is 25.2 Å². The Kier molecular flexibility index (Phi) is 5.85. The molecular weight excluding hydrogens is 414 g/mol. The Morgan fingerprint density at radius 1 is 1.09 bits per heavy atom. The molecule has 33 heavy (non-hydrogen) atoms. The third kappa shape index (κ3) is 4.35. The average Bonchev–Trinajstić information content (AvgIpc) is 3.57. The zero-order valence-corrected chi connectivity index (χ0v) is 18.5. The lowest BCUT2D eigenvalue weighted by Gasteiger charge is -2.25. The van der Waals surface area contributed by atoms with Crippen LogP contribution in [0.1, 0.15) is 40.5 Å². The largest absolute Gasteiger partial charge is 0.497 e. The van der Waals surface area contributed by atoms with Gasteiger partial charge in [0.1, 0.15) is 5.75 Å². The van der Waals surface area contributed by atoms with Gasteiger partial charge in [-0.05, 0) is 54.8 Å². The van der Waals surface area contributed by atoms with Gasteiger partial charge in [-0.1, -0.05) is 18.2 Å². The maximum atomic E-state index is 13.6. The summed E-state index contributed by atoms with van der Waals surface area (Å²) in [4.78, 5) is 29.0. The first kappa shape index (κ1) is 20.9. The van der Waals surface area contributed by atoms with Gasteiger partial charge in [-0.2, -0.15) is 0 Å². The highest BCUT2D eigenvalue weighted by molar-refractivity contribution is 5.96. The maximum Gasteiger partial charge on any atom is 0.254 e. The number of nitrogens with zero attached hydrogens (tertiary/aromatic N) is 5. The summed E-state index contributed by atoms with van der Waals surface area (Å²) in [6.45, 7) is 1.32. The van der Waals surface area contributed by atoms with Crippen LogP contribution in [0.4, 0.5) is 0 Å². The number of ether oxygens (including phenoxy) is 1. The van der Waals surface area contributed by atoms with Crippen molar-refractivity contribution in [3.63, 3.8) is 0 Å². The highest BCUT2D eigenvalue weighted by atomic mass is 16.5. The van der Waals surface area contributed by atoms with Gasteiger partial charge in [0.2, 0.25) is 0 Å². The van der Waals surface area contributed by atoms with E-state index in [0.717, 1.165) is 41.0 Å². The van der Waals surface area contributed by atoms with Crippen LogP contribution < -0.4 is 4.74 Å². The van der Waals surface area contributed by atoms with Crippen LogP contribution in [-0.2, 0) is 6.54 Å². The number of hydrogen-bond donors (Lipinski definition) is 0. The van der Waals surface area contributed by atoms with Crippen molar-refractivity contribution in [1.82, 2.24) is 24.4 Å². The number of methoxy groups -OCH3 is 1. The zero-order chi connectivity index (χ0) is 22.6. The molecule has 4 aromatic rings. The molecule has 1 amide bonds. The number of amides is 1. The molecule has 1 atom stereocenters. The molecular formula is C26H25N5O2. The summed E-state index contributed by atoms with van der Waals surface area (Å²) in [7, 11) is 1.64. The molecule has 3 heterocycles. The normalized spacial score (nSPS) is 15.5. The molecule has 1 saturated heterocycles. The lowest BCUT2D eigenvalue weighted by molar-refractivity contribution is 0.0731. The number of carbonyl (C=O) groups is 1. The van der Waals surface area contributed by atoms with Crippen LogP contribution in [0, 0.1) is 0 Å². The predicted octanol–water partition coefficient (Wildman–Crippen LogP) is 4.37. The smallest absolute Gasteiger partial charge is 0.254 e. The summed E-state index contributed by atoms with van der Waals surface area (Å²) in [5.41, 5.74) is 3.49. The highest BCUT2D eigenvalue weighted by Gasteiger charge is 2.32. The molecule has 166 valence electrons. The van der Waals surface area contributed by atoms with Gasteiger partial charge in [0.15, 0.2) is 5.82 Å². The number of aromatic nitrogens is 4. The molecule has 2 aromatic heterocycles. The van der Waals surface area contributed by atoms with Crippen molar-refractivity contribution in [2.24, 2.45) is 0 Å². The van der Waals surface area contributed by atoms with E-state index in [0.29, 0.717) is 18.9 Å². The number of imidazole rings is 1. The van der Waals surface area contributed by atoms with Gasteiger partial charge in [-0.3, -0.25) is 4.79 Å². The van der Waals surface area contributed by atoms with Gasteiger partial charge >= 0.3 is 0 Å². The van der Waals surface area contributed by atoms with Crippen LogP contribution in [0.2, 0.25) is 0 Å². The number of hydrogen-bond acceptors (Lipinski definition) is 5. The molecule has 1 unspecified atom stereocenters. The van der Waals surface area contributed by atoms with Gasteiger partial charge < -0.3 is 14.2 Å². The Bertz CT molecular complexity index is 1240. The topological polar surface area (TPSA) is 73.1 Å². The van der Waals surface area contributed by atoms with Crippen molar-refractivity contribution in [2.75, 3.05) is 13.7 Å². The van der Waals surface area contributed by atoms with Crippen LogP contribution in [0.25, 0.3) is 11.4 Å². The Morgan fingerprint density at radius 3 is 2.73 bits per heavy atom. The Balaban J connectivity index is 1.41. The van der Waals surface area contributed by atoms with Gasteiger partial charge in [0.25, 0.3) is 5.91 Å². The maximum absolute atomic E-state index is 13.6.